The highest BCUT2D eigenvalue weighted by Gasteiger charge is 2.22. The van der Waals surface area contributed by atoms with Crippen LogP contribution in [0.5, 0.6) is 0 Å². The van der Waals surface area contributed by atoms with Gasteiger partial charge in [-0.2, -0.15) is 0 Å². The normalized spacial score (nSPS) is 11.9. The standard InChI is InChI=1S/C50H30O/c1-2-12-31(13-3-1)34-25-24-33-27-29-46-50(44(33)30-34)49-43(22-11-23-45(49)51-46)48-41-18-8-6-16-39(41)47(40-17-7-9-19-42(40)48)38-21-10-20-36-35-15-5-4-14-32(35)26-28-37(36)38/h1-30H. The van der Waals surface area contributed by atoms with E-state index in [2.05, 4.69) is 182 Å². The number of fused-ring (bicyclic) bond motifs is 10. The Kier molecular flexibility index (Phi) is 6.02. The molecule has 0 unspecified atom stereocenters. The molecule has 11 aromatic rings. The van der Waals surface area contributed by atoms with E-state index in [-0.39, 0.29) is 0 Å². The first-order chi connectivity index (χ1) is 25.3. The van der Waals surface area contributed by atoms with Crippen molar-refractivity contribution in [1.29, 1.82) is 0 Å². The Balaban J connectivity index is 1.26. The highest BCUT2D eigenvalue weighted by molar-refractivity contribution is 6.30. The van der Waals surface area contributed by atoms with E-state index in [0.717, 1.165) is 21.9 Å². The van der Waals surface area contributed by atoms with Crippen LogP contribution in [0.1, 0.15) is 0 Å². The molecule has 1 aromatic heterocycles. The number of benzene rings is 10. The minimum atomic E-state index is 0.901. The third-order valence-corrected chi connectivity index (χ3v) is 10.8. The fraction of sp³-hybridized carbons (Fsp3) is 0. The first kappa shape index (κ1) is 28.2. The molecular formula is C50H30O. The molecule has 10 aromatic carbocycles. The predicted molar refractivity (Wildman–Crippen MR) is 218 cm³/mol. The maximum Gasteiger partial charge on any atom is 0.136 e. The van der Waals surface area contributed by atoms with Gasteiger partial charge in [-0.1, -0.05) is 164 Å². The molecule has 0 aliphatic carbocycles. The van der Waals surface area contributed by atoms with E-state index in [0.29, 0.717) is 0 Å². The smallest absolute Gasteiger partial charge is 0.136 e. The Hall–Kier alpha value is -6.70. The minimum absolute atomic E-state index is 0.901. The summed E-state index contributed by atoms with van der Waals surface area (Å²) in [7, 11) is 0. The van der Waals surface area contributed by atoms with Gasteiger partial charge in [-0.05, 0) is 105 Å². The second-order valence-electron chi connectivity index (χ2n) is 13.5. The molecule has 1 heteroatoms. The molecule has 0 aliphatic rings. The van der Waals surface area contributed by atoms with Gasteiger partial charge in [0.1, 0.15) is 11.2 Å². The third-order valence-electron chi connectivity index (χ3n) is 10.8. The van der Waals surface area contributed by atoms with Crippen molar-refractivity contribution in [3.05, 3.63) is 182 Å². The summed E-state index contributed by atoms with van der Waals surface area (Å²) in [5.74, 6) is 0. The Morgan fingerprint density at radius 3 is 1.59 bits per heavy atom. The van der Waals surface area contributed by atoms with Gasteiger partial charge >= 0.3 is 0 Å². The second-order valence-corrected chi connectivity index (χ2v) is 13.5. The van der Waals surface area contributed by atoms with Gasteiger partial charge in [-0.25, -0.2) is 0 Å². The van der Waals surface area contributed by atoms with E-state index in [1.165, 1.54) is 87.2 Å². The van der Waals surface area contributed by atoms with E-state index < -0.39 is 0 Å². The average Bonchev–Trinajstić information content (AvgIpc) is 3.60. The van der Waals surface area contributed by atoms with E-state index in [4.69, 9.17) is 4.42 Å². The summed E-state index contributed by atoms with van der Waals surface area (Å²) in [6, 6.07) is 66.2. The summed E-state index contributed by atoms with van der Waals surface area (Å²) in [4.78, 5) is 0. The summed E-state index contributed by atoms with van der Waals surface area (Å²) in [6.45, 7) is 0. The van der Waals surface area contributed by atoms with Crippen LogP contribution in [0, 0.1) is 0 Å². The monoisotopic (exact) mass is 646 g/mol. The van der Waals surface area contributed by atoms with Crippen LogP contribution in [-0.2, 0) is 0 Å². The molecule has 0 saturated heterocycles. The van der Waals surface area contributed by atoms with E-state index in [1.54, 1.807) is 0 Å². The molecule has 0 fully saturated rings. The highest BCUT2D eigenvalue weighted by Crippen LogP contribution is 2.49. The van der Waals surface area contributed by atoms with Crippen molar-refractivity contribution in [1.82, 2.24) is 0 Å². The van der Waals surface area contributed by atoms with Crippen LogP contribution in [0.2, 0.25) is 0 Å². The lowest BCUT2D eigenvalue weighted by Gasteiger charge is -2.19. The Morgan fingerprint density at radius 2 is 0.824 bits per heavy atom. The molecule has 0 saturated carbocycles. The van der Waals surface area contributed by atoms with Crippen LogP contribution >= 0.6 is 0 Å². The van der Waals surface area contributed by atoms with Gasteiger partial charge in [0.2, 0.25) is 0 Å². The number of furan rings is 1. The minimum Gasteiger partial charge on any atom is -0.456 e. The summed E-state index contributed by atoms with van der Waals surface area (Å²) >= 11 is 0. The van der Waals surface area contributed by atoms with Crippen molar-refractivity contribution in [3.63, 3.8) is 0 Å². The molecule has 236 valence electrons. The van der Waals surface area contributed by atoms with Crippen LogP contribution in [0.4, 0.5) is 0 Å². The van der Waals surface area contributed by atoms with Gasteiger partial charge in [0.05, 0.1) is 0 Å². The lowest BCUT2D eigenvalue weighted by molar-refractivity contribution is 0.669. The summed E-state index contributed by atoms with van der Waals surface area (Å²) in [6.07, 6.45) is 0. The zero-order chi connectivity index (χ0) is 33.5. The van der Waals surface area contributed by atoms with Crippen molar-refractivity contribution in [2.24, 2.45) is 0 Å². The van der Waals surface area contributed by atoms with E-state index in [1.807, 2.05) is 0 Å². The number of hydrogen-bond donors (Lipinski definition) is 0. The molecule has 0 aliphatic heterocycles. The van der Waals surface area contributed by atoms with Gasteiger partial charge in [0.15, 0.2) is 0 Å². The molecule has 0 spiro atoms. The third kappa shape index (κ3) is 4.16. The second kappa shape index (κ2) is 10.9. The number of hydrogen-bond acceptors (Lipinski definition) is 1. The predicted octanol–water partition coefficient (Wildman–Crippen LogP) is 14.4. The maximum absolute atomic E-state index is 6.67. The molecule has 0 atom stereocenters. The van der Waals surface area contributed by atoms with Crippen LogP contribution in [0.25, 0.3) is 109 Å². The van der Waals surface area contributed by atoms with Gasteiger partial charge in [0, 0.05) is 10.8 Å². The molecule has 1 heterocycles. The van der Waals surface area contributed by atoms with Gasteiger partial charge in [-0.3, -0.25) is 0 Å². The first-order valence-corrected chi connectivity index (χ1v) is 17.6. The lowest BCUT2D eigenvalue weighted by Crippen LogP contribution is -1.92. The van der Waals surface area contributed by atoms with Crippen molar-refractivity contribution in [2.75, 3.05) is 0 Å². The molecule has 0 N–H and O–H groups in total. The zero-order valence-corrected chi connectivity index (χ0v) is 27.7. The maximum atomic E-state index is 6.67. The van der Waals surface area contributed by atoms with Crippen molar-refractivity contribution in [2.45, 2.75) is 0 Å². The molecule has 1 nitrogen and oxygen atoms in total. The number of rotatable bonds is 3. The Morgan fingerprint density at radius 1 is 0.275 bits per heavy atom. The molecule has 11 rings (SSSR count). The highest BCUT2D eigenvalue weighted by atomic mass is 16.3. The van der Waals surface area contributed by atoms with Gasteiger partial charge in [0.25, 0.3) is 0 Å². The van der Waals surface area contributed by atoms with Crippen LogP contribution < -0.4 is 0 Å². The fourth-order valence-corrected chi connectivity index (χ4v) is 8.62. The van der Waals surface area contributed by atoms with E-state index >= 15 is 0 Å². The zero-order valence-electron chi connectivity index (χ0n) is 27.7. The Bertz CT molecular complexity index is 3130. The molecular weight excluding hydrogens is 617 g/mol. The molecule has 0 amide bonds. The van der Waals surface area contributed by atoms with E-state index in [9.17, 15) is 0 Å². The van der Waals surface area contributed by atoms with Crippen LogP contribution in [-0.4, -0.2) is 0 Å². The SMILES string of the molecule is c1ccc(-c2ccc3ccc4oc5cccc(-c6c7ccccc7c(-c7cccc8c7ccc7ccccc78)c7ccccc67)c5c4c3c2)cc1. The van der Waals surface area contributed by atoms with Crippen molar-refractivity contribution < 1.29 is 4.42 Å². The van der Waals surface area contributed by atoms with Gasteiger partial charge in [-0.15, -0.1) is 0 Å². The van der Waals surface area contributed by atoms with Crippen molar-refractivity contribution >= 4 is 75.8 Å². The average molecular weight is 647 g/mol. The van der Waals surface area contributed by atoms with Crippen LogP contribution in [0.15, 0.2) is 186 Å². The van der Waals surface area contributed by atoms with Gasteiger partial charge < -0.3 is 4.42 Å². The molecule has 51 heavy (non-hydrogen) atoms. The van der Waals surface area contributed by atoms with Crippen LogP contribution in [0.3, 0.4) is 0 Å². The quantitative estimate of drug-likeness (QED) is 0.138. The largest absolute Gasteiger partial charge is 0.456 e. The molecule has 0 radical (unpaired) electrons. The topological polar surface area (TPSA) is 13.1 Å². The fourth-order valence-electron chi connectivity index (χ4n) is 8.62. The lowest BCUT2D eigenvalue weighted by atomic mass is 9.83. The first-order valence-electron chi connectivity index (χ1n) is 17.6. The Labute approximate surface area is 294 Å². The summed E-state index contributed by atoms with van der Waals surface area (Å²) in [5, 5.41) is 14.8. The van der Waals surface area contributed by atoms with Crippen molar-refractivity contribution in [3.8, 4) is 33.4 Å². The molecule has 0 bridgehead atoms. The summed E-state index contributed by atoms with van der Waals surface area (Å²) in [5.41, 5.74) is 9.16. The summed E-state index contributed by atoms with van der Waals surface area (Å²) < 4.78 is 6.67.